The molecule has 0 spiro atoms. The number of rotatable bonds is 8. The Labute approximate surface area is 135 Å². The van der Waals surface area contributed by atoms with E-state index in [2.05, 4.69) is 45.0 Å². The first-order valence-corrected chi connectivity index (χ1v) is 8.82. The van der Waals surface area contributed by atoms with Crippen LogP contribution in [0.2, 0.25) is 0 Å². The maximum atomic E-state index is 11.9. The average Bonchev–Trinajstić information content (AvgIpc) is 2.78. The van der Waals surface area contributed by atoms with Crippen LogP contribution in [0.4, 0.5) is 0 Å². The van der Waals surface area contributed by atoms with Crippen molar-refractivity contribution < 1.29 is 9.53 Å². The molecule has 0 amide bonds. The Morgan fingerprint density at radius 2 is 2.05 bits per heavy atom. The fourth-order valence-corrected chi connectivity index (χ4v) is 3.77. The van der Waals surface area contributed by atoms with Crippen molar-refractivity contribution in [3.05, 3.63) is 35.4 Å². The second-order valence-corrected chi connectivity index (χ2v) is 7.03. The minimum atomic E-state index is -0.0326. The molecule has 0 saturated carbocycles. The predicted molar refractivity (Wildman–Crippen MR) is 91.2 cm³/mol. The fourth-order valence-electron chi connectivity index (χ4n) is 3.77. The summed E-state index contributed by atoms with van der Waals surface area (Å²) in [6.07, 6.45) is 7.15. The number of benzene rings is 1. The van der Waals surface area contributed by atoms with Gasteiger partial charge in [0.2, 0.25) is 0 Å². The minimum absolute atomic E-state index is 0.0326. The summed E-state index contributed by atoms with van der Waals surface area (Å²) in [5.74, 6) is 0.557. The van der Waals surface area contributed by atoms with Gasteiger partial charge in [-0.2, -0.15) is 0 Å². The zero-order chi connectivity index (χ0) is 16.0. The molecule has 0 fully saturated rings. The number of carbonyl (C=O) groups is 1. The fraction of sp³-hybridized carbons (Fsp3) is 0.650. The number of carbonyl (C=O) groups excluding carboxylic acids is 1. The number of hydrogen-bond donors (Lipinski definition) is 0. The lowest BCUT2D eigenvalue weighted by Gasteiger charge is -2.25. The van der Waals surface area contributed by atoms with Crippen LogP contribution in [0.3, 0.4) is 0 Å². The lowest BCUT2D eigenvalue weighted by molar-refractivity contribution is -0.144. The molecule has 22 heavy (non-hydrogen) atoms. The normalized spacial score (nSPS) is 23.3. The average molecular weight is 302 g/mol. The third-order valence-corrected chi connectivity index (χ3v) is 5.04. The van der Waals surface area contributed by atoms with Crippen LogP contribution in [0.5, 0.6) is 0 Å². The van der Waals surface area contributed by atoms with Gasteiger partial charge in [0, 0.05) is 6.42 Å². The number of unbranched alkanes of at least 4 members (excludes halogenated alkanes) is 3. The van der Waals surface area contributed by atoms with Gasteiger partial charge in [0.1, 0.15) is 0 Å². The summed E-state index contributed by atoms with van der Waals surface area (Å²) >= 11 is 0. The first kappa shape index (κ1) is 17.1. The highest BCUT2D eigenvalue weighted by Crippen LogP contribution is 2.48. The molecule has 1 aliphatic carbocycles. The van der Waals surface area contributed by atoms with Crippen molar-refractivity contribution in [2.75, 3.05) is 6.61 Å². The van der Waals surface area contributed by atoms with E-state index in [1.165, 1.54) is 24.0 Å². The van der Waals surface area contributed by atoms with Crippen molar-refractivity contribution in [2.45, 2.75) is 77.0 Å². The highest BCUT2D eigenvalue weighted by Gasteiger charge is 2.38. The Morgan fingerprint density at radius 1 is 1.27 bits per heavy atom. The molecule has 2 rings (SSSR count). The first-order valence-electron chi connectivity index (χ1n) is 8.82. The second kappa shape index (κ2) is 7.80. The Kier molecular flexibility index (Phi) is 6.05. The zero-order valence-electron chi connectivity index (χ0n) is 14.4. The van der Waals surface area contributed by atoms with Crippen LogP contribution < -0.4 is 0 Å². The van der Waals surface area contributed by atoms with Crippen LogP contribution in [0.15, 0.2) is 24.3 Å². The highest BCUT2D eigenvalue weighted by molar-refractivity contribution is 5.69. The molecule has 0 aromatic heterocycles. The van der Waals surface area contributed by atoms with Crippen molar-refractivity contribution in [2.24, 2.45) is 0 Å². The second-order valence-electron chi connectivity index (χ2n) is 7.03. The molecule has 0 bridgehead atoms. The van der Waals surface area contributed by atoms with Gasteiger partial charge in [-0.15, -0.1) is 0 Å². The molecule has 2 nitrogen and oxygen atoms in total. The summed E-state index contributed by atoms with van der Waals surface area (Å²) in [4.78, 5) is 11.9. The van der Waals surface area contributed by atoms with E-state index in [0.717, 1.165) is 25.7 Å². The zero-order valence-corrected chi connectivity index (χ0v) is 14.4. The lowest BCUT2D eigenvalue weighted by Crippen LogP contribution is -2.20. The molecule has 2 heteroatoms. The largest absolute Gasteiger partial charge is 0.466 e. The van der Waals surface area contributed by atoms with Crippen LogP contribution in [-0.2, 0) is 14.9 Å². The molecule has 0 aliphatic heterocycles. The van der Waals surface area contributed by atoms with Crippen molar-refractivity contribution in [1.29, 1.82) is 0 Å². The Hall–Kier alpha value is -1.31. The summed E-state index contributed by atoms with van der Waals surface area (Å²) in [6, 6.07) is 8.69. The molecule has 1 aromatic carbocycles. The maximum absolute atomic E-state index is 11.9. The van der Waals surface area contributed by atoms with Crippen LogP contribution in [0, 0.1) is 0 Å². The van der Waals surface area contributed by atoms with Gasteiger partial charge in [-0.05, 0) is 41.7 Å². The minimum Gasteiger partial charge on any atom is -0.466 e. The molecule has 122 valence electrons. The number of fused-ring (bicyclic) bond motifs is 1. The quantitative estimate of drug-likeness (QED) is 0.477. The van der Waals surface area contributed by atoms with Gasteiger partial charge in [-0.1, -0.05) is 64.3 Å². The summed E-state index contributed by atoms with van der Waals surface area (Å²) in [6.45, 7) is 7.36. The van der Waals surface area contributed by atoms with E-state index >= 15 is 0 Å². The monoisotopic (exact) mass is 302 g/mol. The van der Waals surface area contributed by atoms with Crippen LogP contribution >= 0.6 is 0 Å². The Bertz CT molecular complexity index is 494. The van der Waals surface area contributed by atoms with Gasteiger partial charge in [0.15, 0.2) is 0 Å². The molecule has 1 aliphatic rings. The van der Waals surface area contributed by atoms with Gasteiger partial charge in [0.25, 0.3) is 0 Å². The summed E-state index contributed by atoms with van der Waals surface area (Å²) in [5, 5.41) is 0. The van der Waals surface area contributed by atoms with Crippen molar-refractivity contribution >= 4 is 5.97 Å². The molecular weight excluding hydrogens is 272 g/mol. The van der Waals surface area contributed by atoms with Gasteiger partial charge < -0.3 is 4.74 Å². The van der Waals surface area contributed by atoms with Crippen LogP contribution in [0.25, 0.3) is 0 Å². The number of ether oxygens (including phenoxy) is 1. The molecule has 2 atom stereocenters. The van der Waals surface area contributed by atoms with Gasteiger partial charge in [0.05, 0.1) is 6.61 Å². The topological polar surface area (TPSA) is 26.3 Å². The van der Waals surface area contributed by atoms with Crippen molar-refractivity contribution in [3.63, 3.8) is 0 Å². The summed E-state index contributed by atoms with van der Waals surface area (Å²) < 4.78 is 5.37. The van der Waals surface area contributed by atoms with E-state index in [0.29, 0.717) is 18.9 Å². The summed E-state index contributed by atoms with van der Waals surface area (Å²) in [5.41, 5.74) is 3.01. The van der Waals surface area contributed by atoms with E-state index < -0.39 is 0 Å². The predicted octanol–water partition coefficient (Wildman–Crippen LogP) is 5.36. The molecule has 2 unspecified atom stereocenters. The van der Waals surface area contributed by atoms with Gasteiger partial charge in [-0.3, -0.25) is 4.79 Å². The number of hydrogen-bond acceptors (Lipinski definition) is 2. The molecular formula is C20H30O2. The van der Waals surface area contributed by atoms with Crippen LogP contribution in [0.1, 0.15) is 82.8 Å². The van der Waals surface area contributed by atoms with Crippen molar-refractivity contribution in [1.82, 2.24) is 0 Å². The van der Waals surface area contributed by atoms with Crippen LogP contribution in [-0.4, -0.2) is 12.6 Å². The third kappa shape index (κ3) is 4.12. The molecule has 1 aromatic rings. The SMILES string of the molecule is CCCCCCOC(=O)CCC1(C)CC(C)c2ccccc21. The van der Waals surface area contributed by atoms with E-state index in [-0.39, 0.29) is 11.4 Å². The number of esters is 1. The summed E-state index contributed by atoms with van der Waals surface area (Å²) in [7, 11) is 0. The maximum Gasteiger partial charge on any atom is 0.305 e. The molecule has 0 N–H and O–H groups in total. The Morgan fingerprint density at radius 3 is 2.82 bits per heavy atom. The van der Waals surface area contributed by atoms with E-state index in [1.54, 1.807) is 0 Å². The smallest absolute Gasteiger partial charge is 0.305 e. The molecule has 0 radical (unpaired) electrons. The van der Waals surface area contributed by atoms with E-state index in [1.807, 2.05) is 0 Å². The van der Waals surface area contributed by atoms with Gasteiger partial charge >= 0.3 is 5.97 Å². The lowest BCUT2D eigenvalue weighted by atomic mass is 9.79. The third-order valence-electron chi connectivity index (χ3n) is 5.04. The molecule has 0 heterocycles. The standard InChI is InChI=1S/C20H30O2/c1-4-5-6-9-14-22-19(21)12-13-20(3)15-16(2)17-10-7-8-11-18(17)20/h7-8,10-11,16H,4-6,9,12-15H2,1-3H3. The highest BCUT2D eigenvalue weighted by atomic mass is 16.5. The van der Waals surface area contributed by atoms with Crippen molar-refractivity contribution in [3.8, 4) is 0 Å². The Balaban J connectivity index is 1.80. The van der Waals surface area contributed by atoms with E-state index in [4.69, 9.17) is 4.74 Å². The molecule has 0 saturated heterocycles. The first-order chi connectivity index (χ1) is 10.6. The van der Waals surface area contributed by atoms with Gasteiger partial charge in [-0.25, -0.2) is 0 Å². The van der Waals surface area contributed by atoms with E-state index in [9.17, 15) is 4.79 Å².